The number of hydrogen-bond acceptors (Lipinski definition) is 3. The van der Waals surface area contributed by atoms with Gasteiger partial charge in [0.1, 0.15) is 0 Å². The summed E-state index contributed by atoms with van der Waals surface area (Å²) in [7, 11) is 0. The number of nitrogens with one attached hydrogen (secondary N) is 2. The van der Waals surface area contributed by atoms with E-state index < -0.39 is 0 Å². The maximum Gasteiger partial charge on any atom is 0.0690 e. The summed E-state index contributed by atoms with van der Waals surface area (Å²) in [5, 5.41) is 15.7. The minimum atomic E-state index is 1.04. The summed E-state index contributed by atoms with van der Waals surface area (Å²) in [5.41, 5.74) is 1.04. The Hall–Kier alpha value is -1.65. The van der Waals surface area contributed by atoms with Crippen LogP contribution in [0, 0.1) is 6.92 Å². The standard InChI is InChI=1S/C4H6N2.C2H3N3/c1-4-2-3-5-6-4;1-2-4-5-3-1/h2-3H,1H3,(H,5,6);1-2H,(H,3,4,5). The molecule has 0 fully saturated rings. The summed E-state index contributed by atoms with van der Waals surface area (Å²) >= 11 is 0. The van der Waals surface area contributed by atoms with E-state index in [1.807, 2.05) is 13.0 Å². The van der Waals surface area contributed by atoms with E-state index in [1.165, 1.54) is 0 Å². The molecule has 58 valence electrons. The zero-order valence-electron chi connectivity index (χ0n) is 6.15. The Morgan fingerprint density at radius 1 is 1.27 bits per heavy atom. The third kappa shape index (κ3) is 3.14. The van der Waals surface area contributed by atoms with Gasteiger partial charge in [-0.2, -0.15) is 5.10 Å². The fourth-order valence-electron chi connectivity index (χ4n) is 0.501. The second-order valence-corrected chi connectivity index (χ2v) is 1.88. The molecule has 0 saturated heterocycles. The van der Waals surface area contributed by atoms with Crippen molar-refractivity contribution in [3.8, 4) is 0 Å². The van der Waals surface area contributed by atoms with E-state index in [9.17, 15) is 0 Å². The largest absolute Gasteiger partial charge is 0.285 e. The van der Waals surface area contributed by atoms with Crippen LogP contribution in [0.5, 0.6) is 0 Å². The molecule has 0 atom stereocenters. The van der Waals surface area contributed by atoms with Crippen molar-refractivity contribution in [3.63, 3.8) is 0 Å². The summed E-state index contributed by atoms with van der Waals surface area (Å²) in [5.74, 6) is 0. The van der Waals surface area contributed by atoms with Gasteiger partial charge in [0.25, 0.3) is 0 Å². The predicted molar refractivity (Wildman–Crippen MR) is 39.7 cm³/mol. The molecule has 0 saturated carbocycles. The van der Waals surface area contributed by atoms with Crippen molar-refractivity contribution in [2.24, 2.45) is 0 Å². The smallest absolute Gasteiger partial charge is 0.0690 e. The lowest BCUT2D eigenvalue weighted by atomic mass is 10.5. The summed E-state index contributed by atoms with van der Waals surface area (Å²) in [6.07, 6.45) is 5.04. The average molecular weight is 151 g/mol. The van der Waals surface area contributed by atoms with Gasteiger partial charge in [-0.05, 0) is 13.0 Å². The van der Waals surface area contributed by atoms with Crippen LogP contribution in [-0.2, 0) is 0 Å². The highest BCUT2D eigenvalue weighted by Crippen LogP contribution is 1.82. The molecule has 2 aromatic heterocycles. The molecular weight excluding hydrogens is 142 g/mol. The zero-order chi connectivity index (χ0) is 7.94. The van der Waals surface area contributed by atoms with Crippen LogP contribution in [0.1, 0.15) is 5.69 Å². The predicted octanol–water partition coefficient (Wildman–Crippen LogP) is 0.523. The molecule has 0 amide bonds. The first-order valence-electron chi connectivity index (χ1n) is 3.16. The topological polar surface area (TPSA) is 70.2 Å². The lowest BCUT2D eigenvalue weighted by Gasteiger charge is -1.65. The van der Waals surface area contributed by atoms with Gasteiger partial charge in [-0.1, -0.05) is 5.21 Å². The SMILES string of the molecule is Cc1cc[nH]n1.c1c[nH]nn1. The van der Waals surface area contributed by atoms with E-state index in [4.69, 9.17) is 0 Å². The second-order valence-electron chi connectivity index (χ2n) is 1.88. The van der Waals surface area contributed by atoms with Crippen LogP contribution in [0.2, 0.25) is 0 Å². The van der Waals surface area contributed by atoms with Crippen molar-refractivity contribution < 1.29 is 0 Å². The van der Waals surface area contributed by atoms with E-state index in [1.54, 1.807) is 18.6 Å². The van der Waals surface area contributed by atoms with E-state index in [2.05, 4.69) is 25.6 Å². The molecule has 2 rings (SSSR count). The summed E-state index contributed by atoms with van der Waals surface area (Å²) in [4.78, 5) is 0. The number of rotatable bonds is 0. The molecule has 0 radical (unpaired) electrons. The summed E-state index contributed by atoms with van der Waals surface area (Å²) in [6.45, 7) is 1.94. The second kappa shape index (κ2) is 4.21. The van der Waals surface area contributed by atoms with Gasteiger partial charge in [0, 0.05) is 12.4 Å². The molecule has 0 aliphatic rings. The molecule has 2 heterocycles. The van der Waals surface area contributed by atoms with Crippen molar-refractivity contribution in [1.29, 1.82) is 0 Å². The van der Waals surface area contributed by atoms with Gasteiger partial charge in [-0.15, -0.1) is 5.10 Å². The molecule has 0 aliphatic carbocycles. The maximum absolute atomic E-state index is 3.79. The average Bonchev–Trinajstić information content (AvgIpc) is 2.57. The third-order valence-electron chi connectivity index (χ3n) is 0.971. The molecular formula is C6H9N5. The minimum Gasteiger partial charge on any atom is -0.285 e. The quantitative estimate of drug-likeness (QED) is 0.576. The van der Waals surface area contributed by atoms with Crippen LogP contribution in [-0.4, -0.2) is 25.6 Å². The van der Waals surface area contributed by atoms with E-state index >= 15 is 0 Å². The number of H-pyrrole nitrogens is 2. The molecule has 0 spiro atoms. The van der Waals surface area contributed by atoms with Crippen LogP contribution in [0.25, 0.3) is 0 Å². The first-order valence-corrected chi connectivity index (χ1v) is 3.16. The van der Waals surface area contributed by atoms with Gasteiger partial charge in [0.15, 0.2) is 0 Å². The van der Waals surface area contributed by atoms with Gasteiger partial charge in [0.2, 0.25) is 0 Å². The zero-order valence-corrected chi connectivity index (χ0v) is 6.15. The molecule has 5 heteroatoms. The van der Waals surface area contributed by atoms with Gasteiger partial charge in [-0.25, -0.2) is 0 Å². The highest BCUT2D eigenvalue weighted by Gasteiger charge is 1.74. The molecule has 11 heavy (non-hydrogen) atoms. The first-order chi connectivity index (χ1) is 5.39. The highest BCUT2D eigenvalue weighted by atomic mass is 15.3. The fraction of sp³-hybridized carbons (Fsp3) is 0.167. The number of nitrogens with zero attached hydrogens (tertiary/aromatic N) is 3. The van der Waals surface area contributed by atoms with Crippen molar-refractivity contribution in [1.82, 2.24) is 25.6 Å². The van der Waals surface area contributed by atoms with Gasteiger partial charge < -0.3 is 0 Å². The van der Waals surface area contributed by atoms with Crippen molar-refractivity contribution in [3.05, 3.63) is 30.4 Å². The Kier molecular flexibility index (Phi) is 2.85. The fourth-order valence-corrected chi connectivity index (χ4v) is 0.501. The Labute approximate surface area is 63.8 Å². The minimum absolute atomic E-state index is 1.04. The molecule has 2 N–H and O–H groups in total. The van der Waals surface area contributed by atoms with Crippen LogP contribution in [0.4, 0.5) is 0 Å². The Morgan fingerprint density at radius 3 is 2.36 bits per heavy atom. The molecule has 2 aromatic rings. The molecule has 0 aromatic carbocycles. The lowest BCUT2D eigenvalue weighted by Crippen LogP contribution is -1.65. The number of aryl methyl sites for hydroxylation is 1. The number of hydrogen-bond donors (Lipinski definition) is 2. The monoisotopic (exact) mass is 151 g/mol. The third-order valence-corrected chi connectivity index (χ3v) is 0.971. The van der Waals surface area contributed by atoms with Gasteiger partial charge >= 0.3 is 0 Å². The van der Waals surface area contributed by atoms with Crippen molar-refractivity contribution in [2.75, 3.05) is 0 Å². The first kappa shape index (κ1) is 7.46. The molecule has 5 nitrogen and oxygen atoms in total. The molecule has 0 bridgehead atoms. The van der Waals surface area contributed by atoms with Gasteiger partial charge in [-0.3, -0.25) is 10.2 Å². The van der Waals surface area contributed by atoms with Crippen LogP contribution >= 0.6 is 0 Å². The Bertz CT molecular complexity index is 229. The number of aromatic amines is 2. The van der Waals surface area contributed by atoms with E-state index in [0.717, 1.165) is 5.69 Å². The van der Waals surface area contributed by atoms with Crippen LogP contribution < -0.4 is 0 Å². The Morgan fingerprint density at radius 2 is 2.18 bits per heavy atom. The van der Waals surface area contributed by atoms with E-state index in [0.29, 0.717) is 0 Å². The highest BCUT2D eigenvalue weighted by molar-refractivity contribution is 4.91. The van der Waals surface area contributed by atoms with Crippen LogP contribution in [0.15, 0.2) is 24.7 Å². The molecule has 0 unspecified atom stereocenters. The van der Waals surface area contributed by atoms with Crippen molar-refractivity contribution >= 4 is 0 Å². The number of aromatic nitrogens is 5. The summed E-state index contributed by atoms with van der Waals surface area (Å²) < 4.78 is 0. The Balaban J connectivity index is 0.000000112. The van der Waals surface area contributed by atoms with Crippen molar-refractivity contribution in [2.45, 2.75) is 6.92 Å². The van der Waals surface area contributed by atoms with Gasteiger partial charge in [0.05, 0.1) is 11.9 Å². The van der Waals surface area contributed by atoms with E-state index in [-0.39, 0.29) is 0 Å². The summed E-state index contributed by atoms with van der Waals surface area (Å²) in [6, 6.07) is 1.92. The van der Waals surface area contributed by atoms with Crippen LogP contribution in [0.3, 0.4) is 0 Å². The maximum atomic E-state index is 3.79. The lowest BCUT2D eigenvalue weighted by molar-refractivity contribution is 0.940. The normalized spacial score (nSPS) is 8.45. The molecule has 0 aliphatic heterocycles.